The Balaban J connectivity index is 2.01. The summed E-state index contributed by atoms with van der Waals surface area (Å²) in [6.07, 6.45) is 7.64. The molecule has 0 radical (unpaired) electrons. The molecule has 4 unspecified atom stereocenters. The topological polar surface area (TPSA) is 0 Å². The molecule has 0 nitrogen and oxygen atoms in total. The molecule has 0 saturated heterocycles. The molecule has 0 bridgehead atoms. The summed E-state index contributed by atoms with van der Waals surface area (Å²) in [6.45, 7) is 4.89. The van der Waals surface area contributed by atoms with Gasteiger partial charge in [0.15, 0.2) is 0 Å². The zero-order chi connectivity index (χ0) is 7.84. The average Bonchev–Trinajstić information content (AvgIpc) is 2.33. The van der Waals surface area contributed by atoms with E-state index in [1.807, 2.05) is 0 Å². The van der Waals surface area contributed by atoms with Crippen molar-refractivity contribution in [3.8, 4) is 0 Å². The Hall–Kier alpha value is 0. The highest BCUT2D eigenvalue weighted by Gasteiger charge is 2.36. The summed E-state index contributed by atoms with van der Waals surface area (Å²) in [6, 6.07) is 0. The maximum atomic E-state index is 2.46. The second-order valence-corrected chi connectivity index (χ2v) is 4.90. The molecule has 0 aromatic heterocycles. The predicted octanol–water partition coefficient (Wildman–Crippen LogP) is 3.47. The fourth-order valence-corrected chi connectivity index (χ4v) is 3.23. The van der Waals surface area contributed by atoms with Gasteiger partial charge in [0, 0.05) is 0 Å². The third-order valence-electron chi connectivity index (χ3n) is 4.03. The fourth-order valence-electron chi connectivity index (χ4n) is 3.23. The summed E-state index contributed by atoms with van der Waals surface area (Å²) in [5, 5.41) is 0. The summed E-state index contributed by atoms with van der Waals surface area (Å²) in [5.41, 5.74) is 0. The molecule has 11 heavy (non-hydrogen) atoms. The van der Waals surface area contributed by atoms with Gasteiger partial charge >= 0.3 is 0 Å². The molecule has 2 aliphatic carbocycles. The van der Waals surface area contributed by atoms with Crippen LogP contribution in [0.2, 0.25) is 0 Å². The van der Waals surface area contributed by atoms with Crippen molar-refractivity contribution in [3.05, 3.63) is 0 Å². The van der Waals surface area contributed by atoms with E-state index in [4.69, 9.17) is 0 Å². The van der Waals surface area contributed by atoms with Gasteiger partial charge in [-0.15, -0.1) is 0 Å². The molecule has 4 atom stereocenters. The quantitative estimate of drug-likeness (QED) is 0.498. The van der Waals surface area contributed by atoms with Gasteiger partial charge in [-0.2, -0.15) is 0 Å². The molecule has 0 heterocycles. The third kappa shape index (κ3) is 1.32. The molecule has 0 aromatic carbocycles. The minimum Gasteiger partial charge on any atom is -0.0625 e. The number of fused-ring (bicyclic) bond motifs is 1. The maximum absolute atomic E-state index is 2.46. The van der Waals surface area contributed by atoms with Crippen molar-refractivity contribution >= 4 is 0 Å². The zero-order valence-corrected chi connectivity index (χ0v) is 7.84. The second kappa shape index (κ2) is 2.80. The van der Waals surface area contributed by atoms with Crippen molar-refractivity contribution in [2.24, 2.45) is 23.7 Å². The van der Waals surface area contributed by atoms with Crippen LogP contribution in [0.3, 0.4) is 0 Å². The second-order valence-electron chi connectivity index (χ2n) is 4.90. The summed E-state index contributed by atoms with van der Waals surface area (Å²) >= 11 is 0. The monoisotopic (exact) mass is 152 g/mol. The van der Waals surface area contributed by atoms with Gasteiger partial charge in [-0.25, -0.2) is 0 Å². The van der Waals surface area contributed by atoms with E-state index >= 15 is 0 Å². The lowest BCUT2D eigenvalue weighted by Crippen LogP contribution is -2.22. The van der Waals surface area contributed by atoms with Gasteiger partial charge in [0.05, 0.1) is 0 Å². The first-order chi connectivity index (χ1) is 5.27. The van der Waals surface area contributed by atoms with Gasteiger partial charge in [0.1, 0.15) is 0 Å². The fraction of sp³-hybridized carbons (Fsp3) is 1.00. The van der Waals surface area contributed by atoms with Crippen molar-refractivity contribution in [2.45, 2.75) is 46.0 Å². The molecule has 2 rings (SSSR count). The average molecular weight is 152 g/mol. The van der Waals surface area contributed by atoms with Gasteiger partial charge in [-0.1, -0.05) is 26.7 Å². The summed E-state index contributed by atoms with van der Waals surface area (Å²) in [7, 11) is 0. The maximum Gasteiger partial charge on any atom is -0.0358 e. The molecule has 64 valence electrons. The van der Waals surface area contributed by atoms with E-state index in [0.29, 0.717) is 0 Å². The number of hydrogen-bond acceptors (Lipinski definition) is 0. The molecule has 2 aliphatic rings. The van der Waals surface area contributed by atoms with Crippen molar-refractivity contribution in [3.63, 3.8) is 0 Å². The molecule has 0 heteroatoms. The van der Waals surface area contributed by atoms with Crippen LogP contribution in [0, 0.1) is 23.7 Å². The number of rotatable bonds is 0. The smallest absolute Gasteiger partial charge is 0.0358 e. The predicted molar refractivity (Wildman–Crippen MR) is 48.4 cm³/mol. The van der Waals surface area contributed by atoms with E-state index in [2.05, 4.69) is 13.8 Å². The third-order valence-corrected chi connectivity index (χ3v) is 4.03. The Bertz CT molecular complexity index is 139. The van der Waals surface area contributed by atoms with Crippen LogP contribution in [0.1, 0.15) is 46.0 Å². The summed E-state index contributed by atoms with van der Waals surface area (Å²) in [5.74, 6) is 4.31. The molecule has 0 aromatic rings. The van der Waals surface area contributed by atoms with Crippen molar-refractivity contribution < 1.29 is 0 Å². The molecular formula is C11H20. The zero-order valence-electron chi connectivity index (χ0n) is 7.84. The van der Waals surface area contributed by atoms with Crippen LogP contribution in [0.4, 0.5) is 0 Å². The lowest BCUT2D eigenvalue weighted by Gasteiger charge is -2.31. The van der Waals surface area contributed by atoms with E-state index < -0.39 is 0 Å². The van der Waals surface area contributed by atoms with Crippen molar-refractivity contribution in [2.75, 3.05) is 0 Å². The van der Waals surface area contributed by atoms with Crippen LogP contribution >= 0.6 is 0 Å². The molecule has 0 N–H and O–H groups in total. The minimum absolute atomic E-state index is 1.02. The van der Waals surface area contributed by atoms with E-state index in [1.165, 1.54) is 25.7 Å². The summed E-state index contributed by atoms with van der Waals surface area (Å²) in [4.78, 5) is 0. The summed E-state index contributed by atoms with van der Waals surface area (Å²) < 4.78 is 0. The van der Waals surface area contributed by atoms with Gasteiger partial charge in [0.25, 0.3) is 0 Å². The highest BCUT2D eigenvalue weighted by molar-refractivity contribution is 4.87. The van der Waals surface area contributed by atoms with Crippen molar-refractivity contribution in [1.82, 2.24) is 0 Å². The lowest BCUT2D eigenvalue weighted by atomic mass is 9.74. The van der Waals surface area contributed by atoms with Crippen molar-refractivity contribution in [1.29, 1.82) is 0 Å². The van der Waals surface area contributed by atoms with E-state index in [1.54, 1.807) is 6.42 Å². The van der Waals surface area contributed by atoms with Crippen LogP contribution < -0.4 is 0 Å². The highest BCUT2D eigenvalue weighted by atomic mass is 14.4. The highest BCUT2D eigenvalue weighted by Crippen LogP contribution is 2.47. The minimum atomic E-state index is 1.02. The first kappa shape index (κ1) is 7.64. The number of hydrogen-bond donors (Lipinski definition) is 0. The van der Waals surface area contributed by atoms with Gasteiger partial charge in [0.2, 0.25) is 0 Å². The molecule has 2 saturated carbocycles. The lowest BCUT2D eigenvalue weighted by molar-refractivity contribution is 0.189. The van der Waals surface area contributed by atoms with Gasteiger partial charge in [-0.3, -0.25) is 0 Å². The molecule has 0 aliphatic heterocycles. The van der Waals surface area contributed by atoms with E-state index in [9.17, 15) is 0 Å². The Kier molecular flexibility index (Phi) is 1.95. The van der Waals surface area contributed by atoms with Crippen LogP contribution in [0.15, 0.2) is 0 Å². The Morgan fingerprint density at radius 3 is 2.45 bits per heavy atom. The molecular weight excluding hydrogens is 132 g/mol. The Labute approximate surface area is 70.4 Å². The van der Waals surface area contributed by atoms with E-state index in [-0.39, 0.29) is 0 Å². The van der Waals surface area contributed by atoms with Crippen LogP contribution in [0.25, 0.3) is 0 Å². The van der Waals surface area contributed by atoms with Crippen LogP contribution in [-0.2, 0) is 0 Å². The van der Waals surface area contributed by atoms with E-state index in [0.717, 1.165) is 23.7 Å². The standard InChI is InChI=1S/C11H20/c1-8-3-5-10-6-4-9(2)11(10)7-8/h8-11H,3-7H2,1-2H3. The van der Waals surface area contributed by atoms with Gasteiger partial charge < -0.3 is 0 Å². The normalized spacial score (nSPS) is 50.7. The Morgan fingerprint density at radius 1 is 0.909 bits per heavy atom. The van der Waals surface area contributed by atoms with Crippen LogP contribution in [-0.4, -0.2) is 0 Å². The first-order valence-electron chi connectivity index (χ1n) is 5.27. The largest absolute Gasteiger partial charge is 0.0625 e. The molecule has 0 spiro atoms. The Morgan fingerprint density at radius 2 is 1.64 bits per heavy atom. The first-order valence-corrected chi connectivity index (χ1v) is 5.27. The van der Waals surface area contributed by atoms with Gasteiger partial charge in [-0.05, 0) is 42.9 Å². The SMILES string of the molecule is CC1CCC2CCC(C)C2C1. The molecule has 0 amide bonds. The molecule has 2 fully saturated rings. The van der Waals surface area contributed by atoms with Crippen LogP contribution in [0.5, 0.6) is 0 Å².